The molecule has 1 atom stereocenters. The third kappa shape index (κ3) is 62.5. The first kappa shape index (κ1) is 110. The van der Waals surface area contributed by atoms with Gasteiger partial charge in [-0.25, -0.2) is 4.98 Å². The lowest BCUT2D eigenvalue weighted by Gasteiger charge is -2.39. The highest BCUT2D eigenvalue weighted by molar-refractivity contribution is 8.76. The maximum Gasteiger partial charge on any atom is 0.460 e. The van der Waals surface area contributed by atoms with Crippen molar-refractivity contribution in [2.45, 2.75) is 245 Å². The van der Waals surface area contributed by atoms with Crippen LogP contribution in [0.4, 0.5) is 57.1 Å². The Morgan fingerprint density at radius 2 is 1.04 bits per heavy atom. The summed E-state index contributed by atoms with van der Waals surface area (Å²) >= 11 is 0. The first-order valence-corrected chi connectivity index (χ1v) is 33.4. The molecule has 2 fully saturated rings. The molecule has 29 heteroatoms. The Kier molecular flexibility index (Phi) is 88.2. The topological polar surface area (TPSA) is 243 Å². The summed E-state index contributed by atoms with van der Waals surface area (Å²) in [6.07, 6.45) is 21.2. The van der Waals surface area contributed by atoms with Crippen LogP contribution in [-0.4, -0.2) is 189 Å². The van der Waals surface area contributed by atoms with E-state index in [2.05, 4.69) is 52.1 Å². The van der Waals surface area contributed by atoms with Crippen LogP contribution in [-0.2, 0) is 27.2 Å². The van der Waals surface area contributed by atoms with E-state index >= 15 is 0 Å². The number of unbranched alkanes of at least 4 members (excludes halogenated alkanes) is 3. The fourth-order valence-corrected chi connectivity index (χ4v) is 6.86. The number of terminal acetylenes is 1. The van der Waals surface area contributed by atoms with E-state index in [1.807, 2.05) is 69.3 Å². The van der Waals surface area contributed by atoms with Gasteiger partial charge in [0.05, 0.1) is 45.7 Å². The molecule has 1 aliphatic heterocycles. The largest absolute Gasteiger partial charge is 0.460 e. The summed E-state index contributed by atoms with van der Waals surface area (Å²) in [5, 5.41) is 83.5. The van der Waals surface area contributed by atoms with Crippen LogP contribution in [0.5, 0.6) is 0 Å². The van der Waals surface area contributed by atoms with Crippen molar-refractivity contribution in [2.24, 2.45) is 0 Å². The van der Waals surface area contributed by atoms with Crippen molar-refractivity contribution in [3.63, 3.8) is 0 Å². The summed E-state index contributed by atoms with van der Waals surface area (Å²) in [7, 11) is 3.20. The molecule has 0 bridgehead atoms. The maximum atomic E-state index is 12.6. The molecule has 0 spiro atoms. The van der Waals surface area contributed by atoms with E-state index < -0.39 is 42.4 Å². The number of hydrogen-bond donors (Lipinski definition) is 10. The molecular formula is C65H118F13NO13S2. The van der Waals surface area contributed by atoms with E-state index in [4.69, 9.17) is 71.7 Å². The van der Waals surface area contributed by atoms with Gasteiger partial charge in [-0.15, -0.1) is 18.9 Å². The molecule has 1 saturated carbocycles. The molecule has 0 radical (unpaired) electrons. The van der Waals surface area contributed by atoms with Gasteiger partial charge in [-0.1, -0.05) is 149 Å². The summed E-state index contributed by atoms with van der Waals surface area (Å²) in [6.45, 7) is 20.9. The lowest BCUT2D eigenvalue weighted by Crippen LogP contribution is -2.70. The molecule has 10 N–H and O–H groups in total. The van der Waals surface area contributed by atoms with Crippen LogP contribution in [0.25, 0.3) is 0 Å². The molecule has 1 aliphatic carbocycles. The Hall–Kier alpha value is -3.06. The number of benzene rings is 1. The number of aliphatic hydroxyl groups excluding tert-OH is 10. The van der Waals surface area contributed by atoms with Crippen LogP contribution in [0.2, 0.25) is 0 Å². The molecule has 1 aromatic carbocycles. The van der Waals surface area contributed by atoms with Crippen molar-refractivity contribution in [1.29, 1.82) is 0 Å². The van der Waals surface area contributed by atoms with E-state index in [0.29, 0.717) is 39.6 Å². The van der Waals surface area contributed by atoms with Crippen molar-refractivity contribution in [3.05, 3.63) is 72.4 Å². The Morgan fingerprint density at radius 1 is 0.585 bits per heavy atom. The Labute approximate surface area is 561 Å². The van der Waals surface area contributed by atoms with Gasteiger partial charge in [0.1, 0.15) is 11.6 Å². The number of allylic oxidation sites excluding steroid dienone is 1. The highest BCUT2D eigenvalue weighted by atomic mass is 33.1. The van der Waals surface area contributed by atoms with Crippen LogP contribution in [0.15, 0.2) is 66.3 Å². The zero-order chi connectivity index (χ0) is 73.5. The number of nitrogens with zero attached hydrogens (tertiary/aromatic N) is 1. The van der Waals surface area contributed by atoms with Gasteiger partial charge in [-0.3, -0.25) is 0 Å². The molecule has 1 aromatic heterocycles. The molecule has 1 unspecified atom stereocenters. The average Bonchev–Trinajstić information content (AvgIpc) is 0.716. The number of halogens is 13. The molecule has 14 nitrogen and oxygen atoms in total. The predicted octanol–water partition coefficient (Wildman–Crippen LogP) is 15.5. The number of hydrogen-bond acceptors (Lipinski definition) is 16. The summed E-state index contributed by atoms with van der Waals surface area (Å²) in [6, 6.07) is 13.8. The van der Waals surface area contributed by atoms with Gasteiger partial charge < -0.3 is 65.3 Å². The van der Waals surface area contributed by atoms with E-state index in [1.54, 1.807) is 27.8 Å². The zero-order valence-electron chi connectivity index (χ0n) is 55.8. The van der Waals surface area contributed by atoms with Gasteiger partial charge in [0.15, 0.2) is 6.29 Å². The van der Waals surface area contributed by atoms with E-state index in [9.17, 15) is 57.1 Å². The second kappa shape index (κ2) is 75.7. The van der Waals surface area contributed by atoms with Gasteiger partial charge in [0.25, 0.3) is 0 Å². The molecule has 2 heterocycles. The van der Waals surface area contributed by atoms with E-state index in [0.717, 1.165) is 126 Å². The van der Waals surface area contributed by atoms with Crippen molar-refractivity contribution < 1.29 is 122 Å². The number of aromatic nitrogens is 1. The van der Waals surface area contributed by atoms with Crippen molar-refractivity contribution in [3.8, 4) is 12.3 Å². The zero-order valence-corrected chi connectivity index (χ0v) is 57.5. The second-order valence-electron chi connectivity index (χ2n) is 19.0. The highest BCUT2D eigenvalue weighted by Crippen LogP contribution is 2.60. The Bertz CT molecular complexity index is 1780. The van der Waals surface area contributed by atoms with Gasteiger partial charge in [0, 0.05) is 58.0 Å². The fraction of sp³-hybridized carbons (Fsp3) is 0.769. The van der Waals surface area contributed by atoms with Crippen LogP contribution in [0.1, 0.15) is 190 Å². The minimum Gasteiger partial charge on any atom is -0.396 e. The number of alkyl halides is 13. The SMILES string of the molecule is C.C#CCC.C=CCC.CCCCO.CCCCO.CCCCO.CCCO.CCCOCCO.CCc1ccc(CO)cc1.OC1CCCCC1.OCC(F)(F)C(F)(F)C(F)(F)C(F)(F)C(F)(F)C(F)(F)F.OCCOC1CCCCO1.OCCSSc1ccccn1. The second-order valence-corrected chi connectivity index (χ2v) is 21.4. The first-order valence-electron chi connectivity index (χ1n) is 31.1. The van der Waals surface area contributed by atoms with Crippen LogP contribution >= 0.6 is 21.6 Å². The number of rotatable bonds is 26. The lowest BCUT2D eigenvalue weighted by atomic mass is 9.94. The summed E-state index contributed by atoms with van der Waals surface area (Å²) in [5.41, 5.74) is 2.30. The Balaban J connectivity index is -0.000000125. The lowest BCUT2D eigenvalue weighted by molar-refractivity contribution is -0.441. The minimum atomic E-state index is -7.92. The molecule has 4 rings (SSSR count). The van der Waals surface area contributed by atoms with Crippen molar-refractivity contribution >= 4 is 21.6 Å². The van der Waals surface area contributed by atoms with Gasteiger partial charge in [-0.2, -0.15) is 57.1 Å². The minimum absolute atomic E-state index is 0. The molecule has 2 aromatic rings. The fourth-order valence-electron chi connectivity index (χ4n) is 5.21. The molecular weight excluding hydrogens is 1310 g/mol. The van der Waals surface area contributed by atoms with E-state index in [1.165, 1.54) is 31.2 Å². The predicted molar refractivity (Wildman–Crippen MR) is 353 cm³/mol. The van der Waals surface area contributed by atoms with Crippen LogP contribution in [0.3, 0.4) is 0 Å². The maximum absolute atomic E-state index is 12.6. The molecule has 1 saturated heterocycles. The molecule has 2 aliphatic rings. The normalized spacial score (nSPS) is 13.4. The molecule has 0 amide bonds. The van der Waals surface area contributed by atoms with Crippen LogP contribution in [0, 0.1) is 12.3 Å². The number of aliphatic hydroxyl groups is 10. The molecule has 94 heavy (non-hydrogen) atoms. The number of ether oxygens (including phenoxy) is 3. The van der Waals surface area contributed by atoms with Crippen molar-refractivity contribution in [2.75, 3.05) is 85.0 Å². The third-order valence-corrected chi connectivity index (χ3v) is 13.0. The van der Waals surface area contributed by atoms with Gasteiger partial charge in [-0.05, 0) is 111 Å². The molecule has 564 valence electrons. The summed E-state index contributed by atoms with van der Waals surface area (Å²) in [5.74, 6) is -34.1. The monoisotopic (exact) mass is 1430 g/mol. The van der Waals surface area contributed by atoms with Gasteiger partial charge in [0.2, 0.25) is 0 Å². The van der Waals surface area contributed by atoms with Crippen LogP contribution < -0.4 is 0 Å². The van der Waals surface area contributed by atoms with Gasteiger partial charge >= 0.3 is 35.8 Å². The Morgan fingerprint density at radius 3 is 1.33 bits per heavy atom. The smallest absolute Gasteiger partial charge is 0.396 e. The van der Waals surface area contributed by atoms with Crippen molar-refractivity contribution in [1.82, 2.24) is 4.98 Å². The summed E-state index contributed by atoms with van der Waals surface area (Å²) < 4.78 is 174. The quantitative estimate of drug-likeness (QED) is 0.0138. The standard InChI is InChI=1S/C9H12O.C7H3F13O.C7H9NOS2.C7H14O3.C6H12O.C5H12O2.3C4H10O.C4H8.C4H6.C3H8O.CH4/c1-2-8-3-5-9(7-10)6-4-8;8-2(9,1-21)3(10,11)4(12,13)5(14,15)6(16,17)7(18,19)20;9-5-6-10-11-7-3-1-2-4-8-7;8-4-6-10-7-3-1-2-5-9-7;7-6-4-2-1-3-5-6;1-2-4-7-5-3-6;3*1-2-3-4-5;2*1-3-4-2;1-2-3-4;/h3-6,10H,2,7H2,1H3;21H,1H2;1-4,9H,5-6H2;7-8H,1-6H2;6-7H,1-5H2;6H,2-5H2,1H3;3*5H,2-4H2,1H3;3H,1,4H2,2H3;1H,4H2,2H3;4H,2-3H2,1H3;1H4. The highest BCUT2D eigenvalue weighted by Gasteiger charge is 2.90. The first-order chi connectivity index (χ1) is 43.8. The van der Waals surface area contributed by atoms with E-state index in [-0.39, 0.29) is 46.2 Å². The average molecular weight is 1430 g/mol. The summed E-state index contributed by atoms with van der Waals surface area (Å²) in [4.78, 5) is 4.11. The number of aryl methyl sites for hydroxylation is 1. The number of pyridine rings is 1. The third-order valence-electron chi connectivity index (χ3n) is 10.7.